The molecule has 0 bridgehead atoms. The summed E-state index contributed by atoms with van der Waals surface area (Å²) >= 11 is 0. The highest BCUT2D eigenvalue weighted by molar-refractivity contribution is 7.90. The maximum atomic E-state index is 14.4. The number of pyridine rings is 1. The number of aryl methyl sites for hydroxylation is 1. The third-order valence-electron chi connectivity index (χ3n) is 5.79. The molecule has 0 N–H and O–H groups in total. The minimum absolute atomic E-state index is 0.0444. The molecule has 2 aromatic carbocycles. The van der Waals surface area contributed by atoms with Gasteiger partial charge in [0.15, 0.2) is 5.75 Å². The zero-order chi connectivity index (χ0) is 26.2. The molecular weight excluding hydrogens is 492 g/mol. The molecule has 190 valence electrons. The predicted octanol–water partition coefficient (Wildman–Crippen LogP) is 3.72. The number of imidazole rings is 1. The summed E-state index contributed by atoms with van der Waals surface area (Å²) in [5.74, 6) is -1.07. The fourth-order valence-electron chi connectivity index (χ4n) is 4.15. The minimum atomic E-state index is -3.57. The molecule has 0 aliphatic rings. The van der Waals surface area contributed by atoms with E-state index < -0.39 is 39.0 Å². The first kappa shape index (κ1) is 25.4. The number of nitrogens with zero attached hydrogens (tertiary/aromatic N) is 3. The van der Waals surface area contributed by atoms with Crippen molar-refractivity contribution >= 4 is 20.9 Å². The van der Waals surface area contributed by atoms with Crippen LogP contribution in [0.2, 0.25) is 0 Å². The van der Waals surface area contributed by atoms with Crippen molar-refractivity contribution in [2.24, 2.45) is 7.05 Å². The average molecular weight is 518 g/mol. The highest BCUT2D eigenvalue weighted by Crippen LogP contribution is 2.32. The summed E-state index contributed by atoms with van der Waals surface area (Å²) in [5, 5.41) is 0. The van der Waals surface area contributed by atoms with Crippen LogP contribution in [0.25, 0.3) is 22.2 Å². The van der Waals surface area contributed by atoms with Gasteiger partial charge >= 0.3 is 5.69 Å². The van der Waals surface area contributed by atoms with Gasteiger partial charge in [0.2, 0.25) is 0 Å². The fraction of sp³-hybridized carbons (Fsp3) is 0.280. The van der Waals surface area contributed by atoms with Crippen LogP contribution in [0.1, 0.15) is 18.7 Å². The minimum Gasteiger partial charge on any atom is -0.491 e. The Hall–Kier alpha value is -3.73. The van der Waals surface area contributed by atoms with Crippen LogP contribution >= 0.6 is 0 Å². The summed E-state index contributed by atoms with van der Waals surface area (Å²) in [5.41, 5.74) is 1.03. The number of hydrogen-bond acceptors (Lipinski definition) is 6. The van der Waals surface area contributed by atoms with Crippen molar-refractivity contribution in [2.75, 3.05) is 25.7 Å². The van der Waals surface area contributed by atoms with Gasteiger partial charge in [-0.15, -0.1) is 0 Å². The van der Waals surface area contributed by atoms with Crippen molar-refractivity contribution in [3.8, 4) is 22.8 Å². The van der Waals surface area contributed by atoms with Gasteiger partial charge in [-0.3, -0.25) is 9.13 Å². The third-order valence-corrected chi connectivity index (χ3v) is 6.71. The topological polar surface area (TPSA) is 92.4 Å². The summed E-state index contributed by atoms with van der Waals surface area (Å²) in [6.07, 6.45) is 1.08. The molecule has 2 aromatic heterocycles. The van der Waals surface area contributed by atoms with E-state index in [4.69, 9.17) is 9.47 Å². The standard InChI is InChI=1S/C25H25F2N3O5S/c1-5-35-24-23(34-3)11-9-19(28-24)22(14-36(4,32)33)30-20-10-6-15(12-21(20)29(2)25(30)31)17-13-16(26)7-8-18(17)27/h6-13,22H,5,14H2,1-4H3/t22-/m1/s1. The summed E-state index contributed by atoms with van der Waals surface area (Å²) in [7, 11) is -0.585. The molecule has 2 heterocycles. The molecule has 1 atom stereocenters. The Morgan fingerprint density at radius 3 is 2.47 bits per heavy atom. The van der Waals surface area contributed by atoms with Crippen molar-refractivity contribution in [1.82, 2.24) is 14.1 Å². The lowest BCUT2D eigenvalue weighted by molar-refractivity contribution is 0.296. The van der Waals surface area contributed by atoms with Gasteiger partial charge < -0.3 is 9.47 Å². The first-order valence-corrected chi connectivity index (χ1v) is 13.1. The maximum Gasteiger partial charge on any atom is 0.329 e. The van der Waals surface area contributed by atoms with Crippen molar-refractivity contribution in [3.63, 3.8) is 0 Å². The van der Waals surface area contributed by atoms with Gasteiger partial charge in [-0.05, 0) is 55.0 Å². The first-order chi connectivity index (χ1) is 17.0. The molecule has 0 unspecified atom stereocenters. The number of sulfone groups is 1. The third kappa shape index (κ3) is 4.83. The summed E-state index contributed by atoms with van der Waals surface area (Å²) in [6, 6.07) is 10.0. The van der Waals surface area contributed by atoms with E-state index in [1.807, 2.05) is 0 Å². The molecule has 8 nitrogen and oxygen atoms in total. The molecular formula is C25H25F2N3O5S. The molecule has 0 radical (unpaired) electrons. The van der Waals surface area contributed by atoms with E-state index in [1.54, 1.807) is 37.3 Å². The second-order valence-corrected chi connectivity index (χ2v) is 10.5. The lowest BCUT2D eigenvalue weighted by atomic mass is 10.0. The zero-order valence-corrected chi connectivity index (χ0v) is 21.0. The van der Waals surface area contributed by atoms with Gasteiger partial charge in [-0.1, -0.05) is 6.07 Å². The highest BCUT2D eigenvalue weighted by Gasteiger charge is 2.27. The van der Waals surface area contributed by atoms with Gasteiger partial charge in [0.25, 0.3) is 5.88 Å². The summed E-state index contributed by atoms with van der Waals surface area (Å²) in [6.45, 7) is 2.08. The van der Waals surface area contributed by atoms with Crippen LogP contribution in [0, 0.1) is 11.6 Å². The van der Waals surface area contributed by atoms with Crippen molar-refractivity contribution in [3.05, 3.63) is 76.3 Å². The first-order valence-electron chi connectivity index (χ1n) is 11.1. The molecule has 0 aliphatic carbocycles. The van der Waals surface area contributed by atoms with Gasteiger partial charge in [0.1, 0.15) is 21.5 Å². The van der Waals surface area contributed by atoms with E-state index >= 15 is 0 Å². The van der Waals surface area contributed by atoms with E-state index in [0.717, 1.165) is 24.5 Å². The van der Waals surface area contributed by atoms with Gasteiger partial charge in [0, 0.05) is 18.9 Å². The van der Waals surface area contributed by atoms with Crippen LogP contribution in [0.3, 0.4) is 0 Å². The SMILES string of the molecule is CCOc1nc([C@@H](CS(C)(=O)=O)n2c(=O)n(C)c3cc(-c4cc(F)ccc4F)ccc32)ccc1OC. The monoisotopic (exact) mass is 517 g/mol. The number of methoxy groups -OCH3 is 1. The highest BCUT2D eigenvalue weighted by atomic mass is 32.2. The van der Waals surface area contributed by atoms with E-state index in [9.17, 15) is 22.0 Å². The maximum absolute atomic E-state index is 14.4. The molecule has 0 aliphatic heterocycles. The van der Waals surface area contributed by atoms with Crippen LogP contribution in [0.15, 0.2) is 53.3 Å². The average Bonchev–Trinajstić information content (AvgIpc) is 3.08. The Morgan fingerprint density at radius 2 is 1.81 bits per heavy atom. The Bertz CT molecular complexity index is 1610. The van der Waals surface area contributed by atoms with E-state index in [0.29, 0.717) is 34.6 Å². The summed E-state index contributed by atoms with van der Waals surface area (Å²) in [4.78, 5) is 17.9. The van der Waals surface area contributed by atoms with E-state index in [2.05, 4.69) is 4.98 Å². The zero-order valence-electron chi connectivity index (χ0n) is 20.2. The largest absolute Gasteiger partial charge is 0.491 e. The van der Waals surface area contributed by atoms with Crippen molar-refractivity contribution in [2.45, 2.75) is 13.0 Å². The Labute approximate surface area is 206 Å². The number of fused-ring (bicyclic) bond motifs is 1. The van der Waals surface area contributed by atoms with Crippen molar-refractivity contribution < 1.29 is 26.7 Å². The van der Waals surface area contributed by atoms with E-state index in [1.165, 1.54) is 23.3 Å². The molecule has 0 saturated carbocycles. The predicted molar refractivity (Wildman–Crippen MR) is 132 cm³/mol. The Balaban J connectivity index is 1.94. The van der Waals surface area contributed by atoms with Gasteiger partial charge in [-0.2, -0.15) is 0 Å². The number of benzene rings is 2. The Morgan fingerprint density at radius 1 is 1.06 bits per heavy atom. The smallest absolute Gasteiger partial charge is 0.329 e. The number of rotatable bonds is 8. The van der Waals surface area contributed by atoms with E-state index in [-0.39, 0.29) is 11.4 Å². The van der Waals surface area contributed by atoms with Gasteiger partial charge in [-0.25, -0.2) is 27.0 Å². The lowest BCUT2D eigenvalue weighted by Crippen LogP contribution is -2.31. The second-order valence-electron chi connectivity index (χ2n) is 8.32. The number of ether oxygens (including phenoxy) is 2. The molecule has 4 rings (SSSR count). The number of halogens is 2. The molecule has 0 saturated heterocycles. The normalized spacial score (nSPS) is 12.6. The molecule has 0 fully saturated rings. The fourth-order valence-corrected chi connectivity index (χ4v) is 5.05. The number of hydrogen-bond donors (Lipinski definition) is 0. The van der Waals surface area contributed by atoms with Crippen LogP contribution in [-0.4, -0.2) is 48.3 Å². The summed E-state index contributed by atoms with van der Waals surface area (Å²) < 4.78 is 66.5. The second kappa shape index (κ2) is 9.73. The van der Waals surface area contributed by atoms with Gasteiger partial charge in [0.05, 0.1) is 42.2 Å². The molecule has 0 amide bonds. The Kier molecular flexibility index (Phi) is 6.85. The van der Waals surface area contributed by atoms with Crippen LogP contribution in [0.4, 0.5) is 8.78 Å². The lowest BCUT2D eigenvalue weighted by Gasteiger charge is -2.19. The van der Waals surface area contributed by atoms with Crippen LogP contribution in [-0.2, 0) is 16.9 Å². The number of aromatic nitrogens is 3. The molecule has 4 aromatic rings. The van der Waals surface area contributed by atoms with Crippen LogP contribution < -0.4 is 15.2 Å². The van der Waals surface area contributed by atoms with Crippen LogP contribution in [0.5, 0.6) is 11.6 Å². The molecule has 36 heavy (non-hydrogen) atoms. The quantitative estimate of drug-likeness (QED) is 0.354. The molecule has 0 spiro atoms. The molecule has 11 heteroatoms. The van der Waals surface area contributed by atoms with Crippen molar-refractivity contribution in [1.29, 1.82) is 0 Å².